The lowest BCUT2D eigenvalue weighted by molar-refractivity contribution is -0.181. The molecule has 0 fully saturated rings. The van der Waals surface area contributed by atoms with Crippen molar-refractivity contribution < 1.29 is 47.6 Å². The van der Waals surface area contributed by atoms with Crippen LogP contribution in [0.4, 0.5) is 0 Å². The molecule has 216 valence electrons. The molecule has 4 atom stereocenters. The van der Waals surface area contributed by atoms with Gasteiger partial charge in [-0.25, -0.2) is 0 Å². The van der Waals surface area contributed by atoms with Crippen LogP contribution in [0.5, 0.6) is 17.2 Å². The standard InChI is InChI=1S/C31H27NO10/c1-15(33)40-24-12-22-21-11-23-27(39-14-38-23)29(37-13-18-8-9-19-6-4-5-7-20(19)10-18)25(21)31(36)32-26(22)30(42-17(3)35)28(24)41-16(2)34/h4-12,24,26,28,30H,13-14H2,1-3H3,(H,32,36)/t24-,26+,28+,30-/m0/s1. The Morgan fingerprint density at radius 1 is 0.881 bits per heavy atom. The first kappa shape index (κ1) is 27.1. The van der Waals surface area contributed by atoms with E-state index in [9.17, 15) is 19.2 Å². The summed E-state index contributed by atoms with van der Waals surface area (Å²) in [5.41, 5.74) is 1.94. The van der Waals surface area contributed by atoms with Crippen LogP contribution in [0.25, 0.3) is 16.3 Å². The van der Waals surface area contributed by atoms with Crippen molar-refractivity contribution in [2.45, 2.75) is 51.7 Å². The number of carbonyl (C=O) groups is 4. The third kappa shape index (κ3) is 4.98. The SMILES string of the molecule is CC(=O)O[C@@H]1[C@H](OC(C)=O)[C@@H](OC(C)=O)C=C2c3cc4c(c(OCc5ccc6ccccc6c5)c3C(=O)N[C@H]21)OCO4. The van der Waals surface area contributed by atoms with Gasteiger partial charge in [0.25, 0.3) is 5.91 Å². The van der Waals surface area contributed by atoms with Crippen LogP contribution < -0.4 is 19.5 Å². The normalized spacial score (nSPS) is 21.8. The fraction of sp³-hybridized carbons (Fsp3) is 0.290. The number of rotatable bonds is 6. The van der Waals surface area contributed by atoms with Crippen LogP contribution in [0.2, 0.25) is 0 Å². The molecule has 1 aliphatic carbocycles. The van der Waals surface area contributed by atoms with Crippen molar-refractivity contribution in [3.63, 3.8) is 0 Å². The molecule has 1 amide bonds. The molecule has 42 heavy (non-hydrogen) atoms. The monoisotopic (exact) mass is 573 g/mol. The predicted molar refractivity (Wildman–Crippen MR) is 147 cm³/mol. The zero-order valence-electron chi connectivity index (χ0n) is 23.0. The summed E-state index contributed by atoms with van der Waals surface area (Å²) in [7, 11) is 0. The van der Waals surface area contributed by atoms with Gasteiger partial charge in [0.2, 0.25) is 12.5 Å². The minimum absolute atomic E-state index is 0.0741. The third-order valence-electron chi connectivity index (χ3n) is 7.20. The average Bonchev–Trinajstić information content (AvgIpc) is 3.41. The molecular weight excluding hydrogens is 546 g/mol. The quantitative estimate of drug-likeness (QED) is 0.345. The van der Waals surface area contributed by atoms with Gasteiger partial charge in [-0.3, -0.25) is 19.2 Å². The summed E-state index contributed by atoms with van der Waals surface area (Å²) in [5.74, 6) is -1.70. The van der Waals surface area contributed by atoms with Gasteiger partial charge in [0.1, 0.15) is 6.61 Å². The van der Waals surface area contributed by atoms with Crippen molar-refractivity contribution >= 4 is 40.2 Å². The minimum Gasteiger partial charge on any atom is -0.484 e. The fourth-order valence-corrected chi connectivity index (χ4v) is 5.59. The van der Waals surface area contributed by atoms with Gasteiger partial charge in [-0.15, -0.1) is 0 Å². The van der Waals surface area contributed by atoms with Crippen LogP contribution in [-0.4, -0.2) is 55.0 Å². The minimum atomic E-state index is -1.21. The van der Waals surface area contributed by atoms with Crippen molar-refractivity contribution in [2.24, 2.45) is 0 Å². The van der Waals surface area contributed by atoms with Gasteiger partial charge < -0.3 is 33.7 Å². The van der Waals surface area contributed by atoms with Crippen molar-refractivity contribution in [2.75, 3.05) is 6.79 Å². The van der Waals surface area contributed by atoms with Crippen LogP contribution in [0, 0.1) is 0 Å². The van der Waals surface area contributed by atoms with Gasteiger partial charge in [0, 0.05) is 26.3 Å². The molecule has 1 N–H and O–H groups in total. The predicted octanol–water partition coefficient (Wildman–Crippen LogP) is 3.45. The topological polar surface area (TPSA) is 136 Å². The lowest BCUT2D eigenvalue weighted by atomic mass is 9.79. The Balaban J connectivity index is 1.44. The molecule has 11 nitrogen and oxygen atoms in total. The van der Waals surface area contributed by atoms with E-state index in [1.807, 2.05) is 42.5 Å². The van der Waals surface area contributed by atoms with Gasteiger partial charge in [0.15, 0.2) is 29.8 Å². The Morgan fingerprint density at radius 2 is 1.60 bits per heavy atom. The molecule has 3 aliphatic rings. The summed E-state index contributed by atoms with van der Waals surface area (Å²) >= 11 is 0. The number of esters is 3. The summed E-state index contributed by atoms with van der Waals surface area (Å²) in [6.07, 6.45) is -1.94. The number of ether oxygens (including phenoxy) is 6. The highest BCUT2D eigenvalue weighted by Gasteiger charge is 2.50. The van der Waals surface area contributed by atoms with E-state index in [0.29, 0.717) is 16.9 Å². The third-order valence-corrected chi connectivity index (χ3v) is 7.20. The van der Waals surface area contributed by atoms with Gasteiger partial charge in [-0.2, -0.15) is 0 Å². The van der Waals surface area contributed by atoms with E-state index >= 15 is 0 Å². The van der Waals surface area contributed by atoms with Crippen LogP contribution in [0.15, 0.2) is 54.6 Å². The highest BCUT2D eigenvalue weighted by Crippen LogP contribution is 2.50. The molecule has 0 spiro atoms. The second-order valence-electron chi connectivity index (χ2n) is 10.1. The van der Waals surface area contributed by atoms with E-state index in [-0.39, 0.29) is 30.5 Å². The summed E-state index contributed by atoms with van der Waals surface area (Å²) in [5, 5.41) is 5.00. The van der Waals surface area contributed by atoms with Crippen molar-refractivity contribution in [1.29, 1.82) is 0 Å². The molecule has 2 heterocycles. The second-order valence-corrected chi connectivity index (χ2v) is 10.1. The Kier molecular flexibility index (Phi) is 6.93. The van der Waals surface area contributed by atoms with Crippen molar-refractivity contribution in [3.05, 3.63) is 71.3 Å². The van der Waals surface area contributed by atoms with Gasteiger partial charge in [-0.1, -0.05) is 36.4 Å². The summed E-state index contributed by atoms with van der Waals surface area (Å²) in [4.78, 5) is 49.8. The van der Waals surface area contributed by atoms with Gasteiger partial charge in [-0.05, 0) is 40.1 Å². The largest absolute Gasteiger partial charge is 0.484 e. The van der Waals surface area contributed by atoms with Crippen LogP contribution in [0.1, 0.15) is 42.3 Å². The number of hydrogen-bond donors (Lipinski definition) is 1. The molecular formula is C31H27NO10. The highest BCUT2D eigenvalue weighted by atomic mass is 16.7. The number of amides is 1. The average molecular weight is 574 g/mol. The lowest BCUT2D eigenvalue weighted by Gasteiger charge is -2.42. The molecule has 2 aliphatic heterocycles. The first-order chi connectivity index (χ1) is 20.2. The molecule has 0 saturated heterocycles. The van der Waals surface area contributed by atoms with E-state index in [4.69, 9.17) is 28.4 Å². The van der Waals surface area contributed by atoms with E-state index in [0.717, 1.165) is 16.3 Å². The maximum Gasteiger partial charge on any atom is 0.303 e. The van der Waals surface area contributed by atoms with Crippen molar-refractivity contribution in [3.8, 4) is 17.2 Å². The fourth-order valence-electron chi connectivity index (χ4n) is 5.59. The molecule has 0 saturated carbocycles. The maximum absolute atomic E-state index is 13.7. The number of fused-ring (bicyclic) bond motifs is 5. The maximum atomic E-state index is 13.7. The summed E-state index contributed by atoms with van der Waals surface area (Å²) in [6, 6.07) is 14.6. The Morgan fingerprint density at radius 3 is 2.33 bits per heavy atom. The van der Waals surface area contributed by atoms with E-state index in [1.54, 1.807) is 12.1 Å². The Labute approximate surface area is 240 Å². The van der Waals surface area contributed by atoms with Crippen LogP contribution in [0.3, 0.4) is 0 Å². The molecule has 0 unspecified atom stereocenters. The number of benzene rings is 3. The zero-order chi connectivity index (χ0) is 29.5. The highest BCUT2D eigenvalue weighted by molar-refractivity contribution is 6.08. The van der Waals surface area contributed by atoms with Gasteiger partial charge in [0.05, 0.1) is 11.6 Å². The van der Waals surface area contributed by atoms with E-state index < -0.39 is 48.2 Å². The first-order valence-electron chi connectivity index (χ1n) is 13.3. The number of hydrogen-bond acceptors (Lipinski definition) is 10. The summed E-state index contributed by atoms with van der Waals surface area (Å²) in [6.45, 7) is 3.65. The van der Waals surface area contributed by atoms with Gasteiger partial charge >= 0.3 is 17.9 Å². The number of nitrogens with one attached hydrogen (secondary N) is 1. The van der Waals surface area contributed by atoms with Crippen LogP contribution in [-0.2, 0) is 35.2 Å². The Hall–Kier alpha value is -5.06. The molecule has 0 bridgehead atoms. The molecule has 3 aromatic carbocycles. The number of carbonyl (C=O) groups excluding carboxylic acids is 4. The van der Waals surface area contributed by atoms with Crippen LogP contribution >= 0.6 is 0 Å². The van der Waals surface area contributed by atoms with E-state index in [1.165, 1.54) is 20.8 Å². The van der Waals surface area contributed by atoms with E-state index in [2.05, 4.69) is 5.32 Å². The molecule has 0 radical (unpaired) electrons. The molecule has 3 aromatic rings. The van der Waals surface area contributed by atoms with Crippen molar-refractivity contribution in [1.82, 2.24) is 5.32 Å². The first-order valence-corrected chi connectivity index (χ1v) is 13.3. The zero-order valence-corrected chi connectivity index (χ0v) is 23.0. The smallest absolute Gasteiger partial charge is 0.303 e. The molecule has 11 heteroatoms. The molecule has 6 rings (SSSR count). The summed E-state index contributed by atoms with van der Waals surface area (Å²) < 4.78 is 34.1. The Bertz CT molecular complexity index is 1660. The molecule has 0 aromatic heterocycles. The second kappa shape index (κ2) is 10.7. The lowest BCUT2D eigenvalue weighted by Crippen LogP contribution is -2.60.